The third-order valence-electron chi connectivity index (χ3n) is 2.88. The summed E-state index contributed by atoms with van der Waals surface area (Å²) in [6.07, 6.45) is 0. The van der Waals surface area contributed by atoms with Crippen molar-refractivity contribution in [1.29, 1.82) is 0 Å². The second kappa shape index (κ2) is 6.45. The highest BCUT2D eigenvalue weighted by Crippen LogP contribution is 2.14. The first-order valence-corrected chi connectivity index (χ1v) is 6.12. The molecule has 0 saturated heterocycles. The fourth-order valence-corrected chi connectivity index (χ4v) is 2.05. The van der Waals surface area contributed by atoms with E-state index in [2.05, 4.69) is 36.7 Å². The molecule has 0 saturated carbocycles. The minimum atomic E-state index is -0.197. The molecule has 0 aliphatic carbocycles. The Balaban J connectivity index is 2.50. The highest BCUT2D eigenvalue weighted by atomic mass is 16.5. The standard InChI is InChI=1S/C13H22N2O2/c1-5-15-10(3)7-12(11(15)4)8-14-9-13(16)17-6-2/h7,14H,5-6,8-9H2,1-4H3. The summed E-state index contributed by atoms with van der Waals surface area (Å²) in [4.78, 5) is 11.2. The molecule has 0 fully saturated rings. The molecule has 17 heavy (non-hydrogen) atoms. The Morgan fingerprint density at radius 3 is 2.65 bits per heavy atom. The number of aryl methyl sites for hydroxylation is 1. The molecule has 4 heteroatoms. The van der Waals surface area contributed by atoms with Crippen molar-refractivity contribution in [2.75, 3.05) is 13.2 Å². The van der Waals surface area contributed by atoms with Gasteiger partial charge in [0, 0.05) is 24.5 Å². The van der Waals surface area contributed by atoms with Crippen molar-refractivity contribution >= 4 is 5.97 Å². The van der Waals surface area contributed by atoms with Gasteiger partial charge in [0.05, 0.1) is 13.2 Å². The van der Waals surface area contributed by atoms with Crippen LogP contribution in [-0.2, 0) is 22.6 Å². The number of nitrogens with one attached hydrogen (secondary N) is 1. The van der Waals surface area contributed by atoms with E-state index >= 15 is 0 Å². The molecule has 0 aliphatic rings. The van der Waals surface area contributed by atoms with Gasteiger partial charge in [-0.3, -0.25) is 4.79 Å². The molecule has 0 unspecified atom stereocenters. The highest BCUT2D eigenvalue weighted by molar-refractivity contribution is 5.71. The fraction of sp³-hybridized carbons (Fsp3) is 0.615. The average molecular weight is 238 g/mol. The highest BCUT2D eigenvalue weighted by Gasteiger charge is 2.08. The third-order valence-corrected chi connectivity index (χ3v) is 2.88. The maximum absolute atomic E-state index is 11.2. The Hall–Kier alpha value is -1.29. The van der Waals surface area contributed by atoms with Gasteiger partial charge < -0.3 is 14.6 Å². The van der Waals surface area contributed by atoms with Crippen molar-refractivity contribution < 1.29 is 9.53 Å². The molecule has 1 aromatic heterocycles. The molecule has 0 aliphatic heterocycles. The molecule has 1 rings (SSSR count). The molecule has 1 N–H and O–H groups in total. The topological polar surface area (TPSA) is 43.3 Å². The Labute approximate surface area is 103 Å². The summed E-state index contributed by atoms with van der Waals surface area (Å²) >= 11 is 0. The van der Waals surface area contributed by atoms with E-state index in [1.54, 1.807) is 0 Å². The lowest BCUT2D eigenvalue weighted by Gasteiger charge is -2.07. The maximum atomic E-state index is 11.2. The number of ether oxygens (including phenoxy) is 1. The van der Waals surface area contributed by atoms with E-state index in [1.807, 2.05) is 6.92 Å². The molecule has 96 valence electrons. The molecular formula is C13H22N2O2. The van der Waals surface area contributed by atoms with Gasteiger partial charge in [-0.05, 0) is 39.3 Å². The SMILES string of the molecule is CCOC(=O)CNCc1cc(C)n(CC)c1C. The third kappa shape index (κ3) is 3.60. The van der Waals surface area contributed by atoms with Crippen molar-refractivity contribution in [2.24, 2.45) is 0 Å². The molecule has 0 bridgehead atoms. The fourth-order valence-electron chi connectivity index (χ4n) is 2.05. The molecule has 1 aromatic rings. The van der Waals surface area contributed by atoms with Crippen molar-refractivity contribution in [3.05, 3.63) is 23.0 Å². The number of carbonyl (C=O) groups excluding carboxylic acids is 1. The number of rotatable bonds is 6. The van der Waals surface area contributed by atoms with Crippen LogP contribution in [0.5, 0.6) is 0 Å². The summed E-state index contributed by atoms with van der Waals surface area (Å²) in [5, 5.41) is 3.10. The largest absolute Gasteiger partial charge is 0.465 e. The lowest BCUT2D eigenvalue weighted by Crippen LogP contribution is -2.24. The molecule has 0 aromatic carbocycles. The average Bonchev–Trinajstić information content (AvgIpc) is 2.54. The van der Waals surface area contributed by atoms with Crippen LogP contribution in [-0.4, -0.2) is 23.7 Å². The first-order valence-electron chi connectivity index (χ1n) is 6.12. The smallest absolute Gasteiger partial charge is 0.319 e. The zero-order chi connectivity index (χ0) is 12.8. The number of hydrogen-bond acceptors (Lipinski definition) is 3. The van der Waals surface area contributed by atoms with Gasteiger partial charge in [0.2, 0.25) is 0 Å². The van der Waals surface area contributed by atoms with Crippen molar-refractivity contribution in [3.8, 4) is 0 Å². The van der Waals surface area contributed by atoms with Crippen LogP contribution in [0.2, 0.25) is 0 Å². The summed E-state index contributed by atoms with van der Waals surface area (Å²) < 4.78 is 7.12. The van der Waals surface area contributed by atoms with Gasteiger partial charge in [0.25, 0.3) is 0 Å². The number of aromatic nitrogens is 1. The van der Waals surface area contributed by atoms with Crippen molar-refractivity contribution in [2.45, 2.75) is 40.8 Å². The summed E-state index contributed by atoms with van der Waals surface area (Å²) in [7, 11) is 0. The Kier molecular flexibility index (Phi) is 5.22. The van der Waals surface area contributed by atoms with Crippen LogP contribution < -0.4 is 5.32 Å². The lowest BCUT2D eigenvalue weighted by atomic mass is 10.2. The Bertz CT molecular complexity index is 383. The maximum Gasteiger partial charge on any atom is 0.319 e. The summed E-state index contributed by atoms with van der Waals surface area (Å²) in [5.41, 5.74) is 3.77. The predicted molar refractivity (Wildman–Crippen MR) is 67.9 cm³/mol. The molecule has 0 radical (unpaired) electrons. The van der Waals surface area contributed by atoms with E-state index in [-0.39, 0.29) is 12.5 Å². The van der Waals surface area contributed by atoms with E-state index in [9.17, 15) is 4.79 Å². The number of hydrogen-bond donors (Lipinski definition) is 1. The Morgan fingerprint density at radius 1 is 1.41 bits per heavy atom. The van der Waals surface area contributed by atoms with Crippen molar-refractivity contribution in [3.63, 3.8) is 0 Å². The quantitative estimate of drug-likeness (QED) is 0.768. The van der Waals surface area contributed by atoms with Gasteiger partial charge in [0.1, 0.15) is 0 Å². The first kappa shape index (κ1) is 13.8. The van der Waals surface area contributed by atoms with Crippen LogP contribution in [0.3, 0.4) is 0 Å². The molecule has 0 spiro atoms. The van der Waals surface area contributed by atoms with Crippen LogP contribution in [0.4, 0.5) is 0 Å². The second-order valence-corrected chi connectivity index (χ2v) is 4.05. The second-order valence-electron chi connectivity index (χ2n) is 4.05. The van der Waals surface area contributed by atoms with E-state index in [0.717, 1.165) is 6.54 Å². The normalized spacial score (nSPS) is 10.6. The van der Waals surface area contributed by atoms with Crippen LogP contribution >= 0.6 is 0 Å². The number of esters is 1. The molecule has 0 atom stereocenters. The van der Waals surface area contributed by atoms with Crippen LogP contribution in [0.1, 0.15) is 30.8 Å². The van der Waals surface area contributed by atoms with Gasteiger partial charge in [-0.15, -0.1) is 0 Å². The van der Waals surface area contributed by atoms with Gasteiger partial charge in [-0.25, -0.2) is 0 Å². The van der Waals surface area contributed by atoms with Gasteiger partial charge in [-0.1, -0.05) is 0 Å². The monoisotopic (exact) mass is 238 g/mol. The minimum Gasteiger partial charge on any atom is -0.465 e. The van der Waals surface area contributed by atoms with Gasteiger partial charge in [-0.2, -0.15) is 0 Å². The zero-order valence-electron chi connectivity index (χ0n) is 11.2. The minimum absolute atomic E-state index is 0.197. The Morgan fingerprint density at radius 2 is 2.12 bits per heavy atom. The predicted octanol–water partition coefficient (Wildman–Crippen LogP) is 1.78. The van der Waals surface area contributed by atoms with Crippen LogP contribution in [0.15, 0.2) is 6.07 Å². The van der Waals surface area contributed by atoms with E-state index in [4.69, 9.17) is 4.74 Å². The number of nitrogens with zero attached hydrogens (tertiary/aromatic N) is 1. The summed E-state index contributed by atoms with van der Waals surface area (Å²) in [6, 6.07) is 2.16. The summed E-state index contributed by atoms with van der Waals surface area (Å²) in [6.45, 7) is 10.5. The summed E-state index contributed by atoms with van der Waals surface area (Å²) in [5.74, 6) is -0.197. The van der Waals surface area contributed by atoms with E-state index < -0.39 is 0 Å². The van der Waals surface area contributed by atoms with E-state index in [0.29, 0.717) is 13.2 Å². The van der Waals surface area contributed by atoms with Gasteiger partial charge >= 0.3 is 5.97 Å². The van der Waals surface area contributed by atoms with Crippen LogP contribution in [0.25, 0.3) is 0 Å². The molecule has 4 nitrogen and oxygen atoms in total. The molecule has 0 amide bonds. The zero-order valence-corrected chi connectivity index (χ0v) is 11.2. The van der Waals surface area contributed by atoms with Gasteiger partial charge in [0.15, 0.2) is 0 Å². The van der Waals surface area contributed by atoms with Crippen LogP contribution in [0, 0.1) is 13.8 Å². The van der Waals surface area contributed by atoms with Crippen molar-refractivity contribution in [1.82, 2.24) is 9.88 Å². The first-order chi connectivity index (χ1) is 8.10. The molecule has 1 heterocycles. The number of carbonyl (C=O) groups is 1. The lowest BCUT2D eigenvalue weighted by molar-refractivity contribution is -0.142. The van der Waals surface area contributed by atoms with E-state index in [1.165, 1.54) is 17.0 Å². The molecular weight excluding hydrogens is 216 g/mol.